The molecule has 0 saturated heterocycles. The molecule has 4 saturated carbocycles. The molecule has 1 unspecified atom stereocenters. The Labute approximate surface area is 118 Å². The van der Waals surface area contributed by atoms with Crippen LogP contribution in [-0.2, 0) is 5.41 Å². The topological polar surface area (TPSA) is 85.2 Å². The highest BCUT2D eigenvalue weighted by molar-refractivity contribution is 5.16. The van der Waals surface area contributed by atoms with Crippen molar-refractivity contribution in [2.24, 2.45) is 23.5 Å². The van der Waals surface area contributed by atoms with E-state index in [9.17, 15) is 5.11 Å². The van der Waals surface area contributed by atoms with Crippen LogP contribution in [0.25, 0.3) is 0 Å². The number of aromatic nitrogens is 2. The summed E-state index contributed by atoms with van der Waals surface area (Å²) in [4.78, 5) is 4.54. The van der Waals surface area contributed by atoms with E-state index in [1.807, 2.05) is 0 Å². The van der Waals surface area contributed by atoms with Crippen molar-refractivity contribution in [1.82, 2.24) is 10.1 Å². The lowest BCUT2D eigenvalue weighted by Crippen LogP contribution is -2.49. The van der Waals surface area contributed by atoms with Crippen molar-refractivity contribution in [2.45, 2.75) is 56.5 Å². The van der Waals surface area contributed by atoms with Gasteiger partial charge in [0.15, 0.2) is 5.82 Å². The monoisotopic (exact) mass is 277 g/mol. The predicted octanol–water partition coefficient (Wildman–Crippen LogP) is 1.92. The maximum Gasteiger partial charge on any atom is 0.255 e. The van der Waals surface area contributed by atoms with Crippen molar-refractivity contribution in [2.75, 3.05) is 6.54 Å². The minimum Gasteiger partial charge on any atom is -0.383 e. The van der Waals surface area contributed by atoms with Gasteiger partial charge in [0.1, 0.15) is 6.10 Å². The Kier molecular flexibility index (Phi) is 2.89. The second kappa shape index (κ2) is 4.53. The van der Waals surface area contributed by atoms with Crippen LogP contribution < -0.4 is 5.73 Å². The van der Waals surface area contributed by atoms with E-state index in [1.54, 1.807) is 0 Å². The Balaban J connectivity index is 1.61. The lowest BCUT2D eigenvalue weighted by atomic mass is 9.49. The largest absolute Gasteiger partial charge is 0.383 e. The van der Waals surface area contributed by atoms with E-state index in [-0.39, 0.29) is 5.41 Å². The zero-order valence-corrected chi connectivity index (χ0v) is 11.8. The number of nitrogens with zero attached hydrogens (tertiary/aromatic N) is 2. The van der Waals surface area contributed by atoms with Crippen LogP contribution in [0.5, 0.6) is 0 Å². The Morgan fingerprint density at radius 2 is 1.80 bits per heavy atom. The van der Waals surface area contributed by atoms with Crippen LogP contribution in [0.1, 0.15) is 62.8 Å². The van der Waals surface area contributed by atoms with Gasteiger partial charge >= 0.3 is 0 Å². The van der Waals surface area contributed by atoms with Crippen LogP contribution in [0.3, 0.4) is 0 Å². The van der Waals surface area contributed by atoms with Crippen molar-refractivity contribution in [3.05, 3.63) is 11.7 Å². The summed E-state index contributed by atoms with van der Waals surface area (Å²) in [6, 6.07) is 0. The summed E-state index contributed by atoms with van der Waals surface area (Å²) in [7, 11) is 0. The van der Waals surface area contributed by atoms with Gasteiger partial charge in [0.2, 0.25) is 0 Å². The summed E-state index contributed by atoms with van der Waals surface area (Å²) in [5.41, 5.74) is 5.61. The number of aliphatic hydroxyl groups excluding tert-OH is 1. The number of hydrogen-bond donors (Lipinski definition) is 2. The van der Waals surface area contributed by atoms with Crippen molar-refractivity contribution in [3.63, 3.8) is 0 Å². The first-order valence-corrected chi connectivity index (χ1v) is 7.91. The minimum atomic E-state index is -0.713. The molecule has 1 heterocycles. The molecule has 5 nitrogen and oxygen atoms in total. The third-order valence-corrected chi connectivity index (χ3v) is 5.68. The molecule has 0 amide bonds. The van der Waals surface area contributed by atoms with Gasteiger partial charge in [-0.15, -0.1) is 0 Å². The highest BCUT2D eigenvalue weighted by atomic mass is 16.5. The molecule has 1 aromatic heterocycles. The minimum absolute atomic E-state index is 0.138. The fraction of sp³-hybridized carbons (Fsp3) is 0.867. The van der Waals surface area contributed by atoms with Gasteiger partial charge in [0.25, 0.3) is 5.89 Å². The van der Waals surface area contributed by atoms with Crippen LogP contribution in [0, 0.1) is 17.8 Å². The summed E-state index contributed by atoms with van der Waals surface area (Å²) in [6.45, 7) is 0.427. The average Bonchev–Trinajstić information content (AvgIpc) is 2.87. The normalized spacial score (nSPS) is 40.2. The SMILES string of the molecule is NCCC(O)c1nc(C23CC4CC(CC(C4)C2)C3)no1. The average molecular weight is 277 g/mol. The van der Waals surface area contributed by atoms with Crippen LogP contribution in [0.15, 0.2) is 4.52 Å². The summed E-state index contributed by atoms with van der Waals surface area (Å²) in [5, 5.41) is 14.2. The zero-order chi connectivity index (χ0) is 13.7. The Morgan fingerprint density at radius 3 is 2.35 bits per heavy atom. The number of aliphatic hydroxyl groups is 1. The lowest BCUT2D eigenvalue weighted by Gasteiger charge is -2.55. The molecular weight excluding hydrogens is 254 g/mol. The fourth-order valence-electron chi connectivity index (χ4n) is 5.25. The summed E-state index contributed by atoms with van der Waals surface area (Å²) in [5.74, 6) is 3.77. The quantitative estimate of drug-likeness (QED) is 0.878. The highest BCUT2D eigenvalue weighted by Crippen LogP contribution is 2.60. The first-order valence-electron chi connectivity index (χ1n) is 7.91. The van der Waals surface area contributed by atoms with Gasteiger partial charge in [-0.1, -0.05) is 5.16 Å². The van der Waals surface area contributed by atoms with Crippen molar-refractivity contribution < 1.29 is 9.63 Å². The molecule has 3 N–H and O–H groups in total. The first-order chi connectivity index (χ1) is 9.68. The van der Waals surface area contributed by atoms with E-state index >= 15 is 0 Å². The third kappa shape index (κ3) is 1.91. The molecule has 20 heavy (non-hydrogen) atoms. The molecule has 0 spiro atoms. The molecule has 0 aliphatic heterocycles. The molecule has 4 aliphatic carbocycles. The third-order valence-electron chi connectivity index (χ3n) is 5.68. The van der Waals surface area contributed by atoms with Gasteiger partial charge in [-0.05, 0) is 69.2 Å². The van der Waals surface area contributed by atoms with E-state index in [1.165, 1.54) is 38.5 Å². The Morgan fingerprint density at radius 1 is 1.20 bits per heavy atom. The summed E-state index contributed by atoms with van der Waals surface area (Å²) in [6.07, 6.45) is 7.61. The second-order valence-electron chi connectivity index (χ2n) is 7.25. The molecule has 1 aromatic rings. The van der Waals surface area contributed by atoms with Crippen molar-refractivity contribution >= 4 is 0 Å². The molecule has 4 aliphatic rings. The molecule has 0 aromatic carbocycles. The fourth-order valence-corrected chi connectivity index (χ4v) is 5.25. The van der Waals surface area contributed by atoms with Crippen LogP contribution in [0.4, 0.5) is 0 Å². The van der Waals surface area contributed by atoms with E-state index in [0.717, 1.165) is 23.6 Å². The number of nitrogens with two attached hydrogens (primary N) is 1. The van der Waals surface area contributed by atoms with E-state index in [0.29, 0.717) is 18.9 Å². The van der Waals surface area contributed by atoms with E-state index in [4.69, 9.17) is 10.3 Å². The van der Waals surface area contributed by atoms with Gasteiger partial charge < -0.3 is 15.4 Å². The van der Waals surface area contributed by atoms with E-state index in [2.05, 4.69) is 10.1 Å². The molecule has 4 bridgehead atoms. The maximum absolute atomic E-state index is 9.94. The molecule has 0 radical (unpaired) electrons. The Bertz CT molecular complexity index is 464. The standard InChI is InChI=1S/C15H23N3O2/c16-2-1-12(19)13-17-14(18-20-13)15-6-9-3-10(7-15)5-11(4-9)8-15/h9-12,19H,1-8,16H2. The second-order valence-corrected chi connectivity index (χ2v) is 7.25. The van der Waals surface area contributed by atoms with Gasteiger partial charge in [0.05, 0.1) is 0 Å². The molecule has 5 rings (SSSR count). The Hall–Kier alpha value is -0.940. The van der Waals surface area contributed by atoms with Crippen LogP contribution >= 0.6 is 0 Å². The maximum atomic E-state index is 9.94. The highest BCUT2D eigenvalue weighted by Gasteiger charge is 2.53. The molecule has 4 fully saturated rings. The smallest absolute Gasteiger partial charge is 0.255 e. The summed E-state index contributed by atoms with van der Waals surface area (Å²) < 4.78 is 5.30. The van der Waals surface area contributed by atoms with Gasteiger partial charge in [0, 0.05) is 5.41 Å². The predicted molar refractivity (Wildman–Crippen MR) is 72.8 cm³/mol. The van der Waals surface area contributed by atoms with E-state index < -0.39 is 6.10 Å². The van der Waals surface area contributed by atoms with Gasteiger partial charge in [-0.25, -0.2) is 0 Å². The molecular formula is C15H23N3O2. The van der Waals surface area contributed by atoms with Crippen LogP contribution in [0.2, 0.25) is 0 Å². The first kappa shape index (κ1) is 12.8. The van der Waals surface area contributed by atoms with Gasteiger partial charge in [-0.3, -0.25) is 0 Å². The lowest BCUT2D eigenvalue weighted by molar-refractivity contribution is -0.0103. The van der Waals surface area contributed by atoms with Crippen molar-refractivity contribution in [1.29, 1.82) is 0 Å². The molecule has 5 heteroatoms. The number of rotatable bonds is 4. The zero-order valence-electron chi connectivity index (χ0n) is 11.8. The molecule has 110 valence electrons. The van der Waals surface area contributed by atoms with Crippen molar-refractivity contribution in [3.8, 4) is 0 Å². The number of hydrogen-bond acceptors (Lipinski definition) is 5. The molecule has 1 atom stereocenters. The summed E-state index contributed by atoms with van der Waals surface area (Å²) >= 11 is 0. The van der Waals surface area contributed by atoms with Gasteiger partial charge in [-0.2, -0.15) is 4.98 Å². The van der Waals surface area contributed by atoms with Crippen LogP contribution in [-0.4, -0.2) is 21.8 Å².